The van der Waals surface area contributed by atoms with E-state index in [1.807, 2.05) is 18.7 Å². The van der Waals surface area contributed by atoms with Crippen molar-refractivity contribution in [2.45, 2.75) is 31.0 Å². The number of ether oxygens (including phenoxy) is 2. The number of nitrogens with one attached hydrogen (secondary N) is 1. The third kappa shape index (κ3) is 4.94. The Morgan fingerprint density at radius 2 is 1.92 bits per heavy atom. The number of hydrogen-bond acceptors (Lipinski definition) is 6. The predicted molar refractivity (Wildman–Crippen MR) is 98.9 cm³/mol. The molecule has 0 aromatic heterocycles. The molecule has 1 amide bonds. The third-order valence-electron chi connectivity index (χ3n) is 4.07. The van der Waals surface area contributed by atoms with Gasteiger partial charge >= 0.3 is 0 Å². The van der Waals surface area contributed by atoms with Crippen LogP contribution < -0.4 is 10.1 Å². The van der Waals surface area contributed by atoms with Crippen LogP contribution in [0.15, 0.2) is 23.1 Å². The number of rotatable bonds is 6. The van der Waals surface area contributed by atoms with Crippen molar-refractivity contribution in [3.8, 4) is 5.75 Å². The molecule has 2 rings (SSSR count). The smallest absolute Gasteiger partial charge is 0.246 e. The highest BCUT2D eigenvalue weighted by Gasteiger charge is 2.25. The summed E-state index contributed by atoms with van der Waals surface area (Å²) in [5.41, 5.74) is 0.408. The Hall–Kier alpha value is -1.68. The molecule has 1 heterocycles. The summed E-state index contributed by atoms with van der Waals surface area (Å²) in [6, 6.07) is 4.57. The number of methoxy groups -OCH3 is 1. The second-order valence-electron chi connectivity index (χ2n) is 6.65. The Morgan fingerprint density at radius 3 is 2.46 bits per heavy atom. The van der Waals surface area contributed by atoms with Crippen molar-refractivity contribution in [1.29, 1.82) is 0 Å². The maximum Gasteiger partial charge on any atom is 0.246 e. The van der Waals surface area contributed by atoms with Crippen LogP contribution in [0.3, 0.4) is 0 Å². The van der Waals surface area contributed by atoms with E-state index < -0.39 is 10.0 Å². The summed E-state index contributed by atoms with van der Waals surface area (Å²) < 4.78 is 36.8. The normalized spacial score (nSPS) is 21.6. The lowest BCUT2D eigenvalue weighted by atomic mass is 10.2. The molecule has 0 unspecified atom stereocenters. The lowest BCUT2D eigenvalue weighted by Crippen LogP contribution is -2.48. The van der Waals surface area contributed by atoms with Crippen molar-refractivity contribution in [1.82, 2.24) is 9.21 Å². The van der Waals surface area contributed by atoms with E-state index in [9.17, 15) is 13.2 Å². The monoisotopic (exact) mass is 385 g/mol. The zero-order valence-electron chi connectivity index (χ0n) is 15.9. The van der Waals surface area contributed by atoms with E-state index in [0.717, 1.165) is 4.31 Å². The summed E-state index contributed by atoms with van der Waals surface area (Å²) in [5.74, 6) is 0.0252. The molecule has 146 valence electrons. The second kappa shape index (κ2) is 8.34. The van der Waals surface area contributed by atoms with Gasteiger partial charge in [0.15, 0.2) is 0 Å². The second-order valence-corrected chi connectivity index (χ2v) is 8.77. The van der Waals surface area contributed by atoms with Gasteiger partial charge < -0.3 is 14.8 Å². The predicted octanol–water partition coefficient (Wildman–Crippen LogP) is 0.993. The number of nitrogens with zero attached hydrogens (tertiary/aromatic N) is 2. The first kappa shape index (κ1) is 20.6. The Labute approximate surface area is 155 Å². The van der Waals surface area contributed by atoms with Crippen LogP contribution >= 0.6 is 0 Å². The molecule has 1 fully saturated rings. The van der Waals surface area contributed by atoms with E-state index >= 15 is 0 Å². The minimum Gasteiger partial charge on any atom is -0.495 e. The number of carbonyl (C=O) groups is 1. The average Bonchev–Trinajstić information content (AvgIpc) is 2.53. The van der Waals surface area contributed by atoms with Crippen molar-refractivity contribution >= 4 is 21.6 Å². The fraction of sp³-hybridized carbons (Fsp3) is 0.588. The van der Waals surface area contributed by atoms with E-state index in [1.54, 1.807) is 6.07 Å². The number of hydrogen-bond donors (Lipinski definition) is 1. The van der Waals surface area contributed by atoms with Gasteiger partial charge in [0.2, 0.25) is 15.9 Å². The fourth-order valence-electron chi connectivity index (χ4n) is 2.97. The Bertz CT molecular complexity index is 741. The highest BCUT2D eigenvalue weighted by atomic mass is 32.2. The van der Waals surface area contributed by atoms with E-state index in [1.165, 1.54) is 33.3 Å². The first-order valence-corrected chi connectivity index (χ1v) is 9.85. The van der Waals surface area contributed by atoms with Crippen LogP contribution in [0.1, 0.15) is 13.8 Å². The lowest BCUT2D eigenvalue weighted by molar-refractivity contribution is -0.121. The Morgan fingerprint density at radius 1 is 1.31 bits per heavy atom. The van der Waals surface area contributed by atoms with Gasteiger partial charge in [0.1, 0.15) is 10.6 Å². The van der Waals surface area contributed by atoms with E-state index in [-0.39, 0.29) is 35.3 Å². The van der Waals surface area contributed by atoms with Gasteiger partial charge in [-0.15, -0.1) is 0 Å². The van der Waals surface area contributed by atoms with Crippen molar-refractivity contribution in [2.24, 2.45) is 0 Å². The van der Waals surface area contributed by atoms with Gasteiger partial charge in [-0.2, -0.15) is 0 Å². The topological polar surface area (TPSA) is 88.2 Å². The SMILES string of the molecule is COc1ccc(NC(=O)CN2C[C@@H](C)O[C@H](C)C2)cc1S(=O)(=O)N(C)C. The molecule has 1 saturated heterocycles. The molecule has 9 heteroatoms. The van der Waals surface area contributed by atoms with Crippen LogP contribution in [0.25, 0.3) is 0 Å². The first-order valence-electron chi connectivity index (χ1n) is 8.41. The van der Waals surface area contributed by atoms with Crippen LogP contribution in [-0.4, -0.2) is 76.6 Å². The van der Waals surface area contributed by atoms with Gasteiger partial charge in [-0.3, -0.25) is 9.69 Å². The lowest BCUT2D eigenvalue weighted by Gasteiger charge is -2.34. The highest BCUT2D eigenvalue weighted by molar-refractivity contribution is 7.89. The molecule has 1 aromatic carbocycles. The molecule has 26 heavy (non-hydrogen) atoms. The molecular weight excluding hydrogens is 358 g/mol. The average molecular weight is 385 g/mol. The summed E-state index contributed by atoms with van der Waals surface area (Å²) >= 11 is 0. The van der Waals surface area contributed by atoms with Crippen molar-refractivity contribution in [3.63, 3.8) is 0 Å². The summed E-state index contributed by atoms with van der Waals surface area (Å²) in [6.07, 6.45) is 0.147. The standard InChI is InChI=1S/C17H27N3O5S/c1-12-9-20(10-13(2)25-12)11-17(21)18-14-6-7-15(24-5)16(8-14)26(22,23)19(3)4/h6-8,12-13H,9-11H2,1-5H3,(H,18,21)/t12-,13-/m1/s1. The largest absolute Gasteiger partial charge is 0.495 e. The van der Waals surface area contributed by atoms with Crippen LogP contribution in [0.5, 0.6) is 5.75 Å². The van der Waals surface area contributed by atoms with Crippen LogP contribution in [0.2, 0.25) is 0 Å². The zero-order valence-corrected chi connectivity index (χ0v) is 16.7. The summed E-state index contributed by atoms with van der Waals surface area (Å²) in [4.78, 5) is 14.4. The van der Waals surface area contributed by atoms with Crippen LogP contribution in [-0.2, 0) is 19.6 Å². The van der Waals surface area contributed by atoms with E-state index in [4.69, 9.17) is 9.47 Å². The van der Waals surface area contributed by atoms with E-state index in [2.05, 4.69) is 5.32 Å². The molecule has 1 aromatic rings. The fourth-order valence-corrected chi connectivity index (χ4v) is 4.04. The van der Waals surface area contributed by atoms with Gasteiger partial charge in [0, 0.05) is 32.9 Å². The number of sulfonamides is 1. The Balaban J connectivity index is 2.13. The van der Waals surface area contributed by atoms with Crippen molar-refractivity contribution in [2.75, 3.05) is 46.2 Å². The minimum atomic E-state index is -3.69. The van der Waals surface area contributed by atoms with Gasteiger partial charge in [-0.25, -0.2) is 12.7 Å². The molecule has 0 radical (unpaired) electrons. The highest BCUT2D eigenvalue weighted by Crippen LogP contribution is 2.28. The molecule has 2 atom stereocenters. The van der Waals surface area contributed by atoms with Gasteiger partial charge in [-0.05, 0) is 32.0 Å². The summed E-state index contributed by atoms with van der Waals surface area (Å²) in [5, 5.41) is 2.76. The number of amides is 1. The van der Waals surface area contributed by atoms with Crippen molar-refractivity contribution < 1.29 is 22.7 Å². The Kier molecular flexibility index (Phi) is 6.62. The number of anilines is 1. The molecule has 8 nitrogen and oxygen atoms in total. The summed E-state index contributed by atoms with van der Waals surface area (Å²) in [7, 11) is 0.607. The molecular formula is C17H27N3O5S. The summed E-state index contributed by atoms with van der Waals surface area (Å²) in [6.45, 7) is 5.53. The molecule has 0 spiro atoms. The molecule has 0 bridgehead atoms. The molecule has 0 aliphatic carbocycles. The first-order chi connectivity index (χ1) is 12.1. The molecule has 1 aliphatic rings. The molecule has 0 saturated carbocycles. The maximum absolute atomic E-state index is 12.4. The number of morpholine rings is 1. The third-order valence-corrected chi connectivity index (χ3v) is 5.90. The zero-order chi connectivity index (χ0) is 19.5. The van der Waals surface area contributed by atoms with Gasteiger partial charge in [0.05, 0.1) is 25.9 Å². The minimum absolute atomic E-state index is 0.0106. The quantitative estimate of drug-likeness (QED) is 0.786. The van der Waals surface area contributed by atoms with E-state index in [0.29, 0.717) is 18.8 Å². The van der Waals surface area contributed by atoms with Gasteiger partial charge in [-0.1, -0.05) is 0 Å². The number of benzene rings is 1. The van der Waals surface area contributed by atoms with Crippen LogP contribution in [0, 0.1) is 0 Å². The molecule has 1 N–H and O–H groups in total. The van der Waals surface area contributed by atoms with Crippen molar-refractivity contribution in [3.05, 3.63) is 18.2 Å². The molecule has 1 aliphatic heterocycles. The maximum atomic E-state index is 12.4. The number of carbonyl (C=O) groups excluding carboxylic acids is 1. The van der Waals surface area contributed by atoms with Gasteiger partial charge in [0.25, 0.3) is 0 Å². The van der Waals surface area contributed by atoms with Crippen LogP contribution in [0.4, 0.5) is 5.69 Å².